The molecule has 0 saturated heterocycles. The zero-order valence-electron chi connectivity index (χ0n) is 18.4. The van der Waals surface area contributed by atoms with Crippen LogP contribution in [0.3, 0.4) is 0 Å². The third-order valence-corrected chi connectivity index (χ3v) is 6.14. The number of benzene rings is 2. The molecule has 0 aliphatic carbocycles. The van der Waals surface area contributed by atoms with E-state index in [1.165, 1.54) is 16.9 Å². The van der Waals surface area contributed by atoms with Crippen LogP contribution in [0.4, 0.5) is 0 Å². The molecule has 0 aliphatic heterocycles. The number of ether oxygens (including phenoxy) is 2. The lowest BCUT2D eigenvalue weighted by atomic mass is 10.1. The monoisotopic (exact) mass is 439 g/mol. The van der Waals surface area contributed by atoms with E-state index in [4.69, 9.17) is 9.47 Å². The highest BCUT2D eigenvalue weighted by atomic mass is 32.1. The summed E-state index contributed by atoms with van der Waals surface area (Å²) >= 11 is 1.41. The summed E-state index contributed by atoms with van der Waals surface area (Å²) < 4.78 is 10.9. The van der Waals surface area contributed by atoms with Crippen molar-refractivity contribution in [2.45, 2.75) is 19.9 Å². The molecule has 7 heteroatoms. The molecule has 3 aromatic rings. The van der Waals surface area contributed by atoms with Crippen LogP contribution in [0.5, 0.6) is 11.5 Å². The molecule has 3 rings (SSSR count). The van der Waals surface area contributed by atoms with Crippen molar-refractivity contribution in [3.05, 3.63) is 65.2 Å². The maximum Gasteiger partial charge on any atom is 0.270 e. The number of nitrogens with zero attached hydrogens (tertiary/aromatic N) is 2. The van der Waals surface area contributed by atoms with Crippen molar-refractivity contribution in [1.82, 2.24) is 15.2 Å². The smallest absolute Gasteiger partial charge is 0.270 e. The van der Waals surface area contributed by atoms with Gasteiger partial charge in [0.25, 0.3) is 5.91 Å². The Kier molecular flexibility index (Phi) is 8.03. The van der Waals surface area contributed by atoms with E-state index in [1.807, 2.05) is 36.4 Å². The van der Waals surface area contributed by atoms with Crippen LogP contribution in [0.1, 0.15) is 35.9 Å². The molecule has 6 nitrogen and oxygen atoms in total. The Morgan fingerprint density at radius 1 is 1.06 bits per heavy atom. The van der Waals surface area contributed by atoms with Crippen molar-refractivity contribution >= 4 is 17.2 Å². The molecule has 0 fully saturated rings. The Morgan fingerprint density at radius 3 is 2.45 bits per heavy atom. The average Bonchev–Trinajstić information content (AvgIpc) is 3.31. The molecule has 1 N–H and O–H groups in total. The molecule has 1 unspecified atom stereocenters. The summed E-state index contributed by atoms with van der Waals surface area (Å²) in [5.41, 5.74) is 2.39. The Balaban J connectivity index is 1.77. The van der Waals surface area contributed by atoms with Crippen molar-refractivity contribution in [1.29, 1.82) is 0 Å². The van der Waals surface area contributed by atoms with Gasteiger partial charge < -0.3 is 14.8 Å². The van der Waals surface area contributed by atoms with Crippen LogP contribution in [-0.4, -0.2) is 49.6 Å². The van der Waals surface area contributed by atoms with Gasteiger partial charge in [0.05, 0.1) is 25.8 Å². The Morgan fingerprint density at radius 2 is 1.81 bits per heavy atom. The molecule has 31 heavy (non-hydrogen) atoms. The first-order valence-electron chi connectivity index (χ1n) is 10.4. The van der Waals surface area contributed by atoms with Crippen LogP contribution in [0.25, 0.3) is 10.6 Å². The quantitative estimate of drug-likeness (QED) is 0.499. The number of thiazole rings is 1. The minimum Gasteiger partial charge on any atom is -0.493 e. The first-order chi connectivity index (χ1) is 15.1. The highest BCUT2D eigenvalue weighted by molar-refractivity contribution is 7.13. The predicted molar refractivity (Wildman–Crippen MR) is 125 cm³/mol. The fourth-order valence-electron chi connectivity index (χ4n) is 3.63. The number of nitrogens with one attached hydrogen (secondary N) is 1. The molecule has 0 radical (unpaired) electrons. The number of hydrogen-bond donors (Lipinski definition) is 1. The lowest BCUT2D eigenvalue weighted by Crippen LogP contribution is -2.38. The summed E-state index contributed by atoms with van der Waals surface area (Å²) in [4.78, 5) is 19.8. The topological polar surface area (TPSA) is 63.7 Å². The molecule has 1 amide bonds. The summed E-state index contributed by atoms with van der Waals surface area (Å²) in [6.07, 6.45) is 0. The molecular weight excluding hydrogens is 410 g/mol. The van der Waals surface area contributed by atoms with Crippen molar-refractivity contribution in [3.8, 4) is 22.1 Å². The van der Waals surface area contributed by atoms with Crippen molar-refractivity contribution < 1.29 is 14.3 Å². The summed E-state index contributed by atoms with van der Waals surface area (Å²) in [6, 6.07) is 16.0. The molecule has 0 saturated carbocycles. The highest BCUT2D eigenvalue weighted by Crippen LogP contribution is 2.38. The zero-order valence-corrected chi connectivity index (χ0v) is 19.2. The first-order valence-corrected chi connectivity index (χ1v) is 11.2. The van der Waals surface area contributed by atoms with Crippen LogP contribution >= 0.6 is 11.3 Å². The van der Waals surface area contributed by atoms with E-state index in [0.29, 0.717) is 28.7 Å². The maximum absolute atomic E-state index is 12.9. The zero-order chi connectivity index (χ0) is 22.2. The second-order valence-corrected chi connectivity index (χ2v) is 7.79. The SMILES string of the molecule is CCN(CC)C(CNC(=O)c1csc(-c2cccc(OC)c2OC)n1)c1ccccc1. The van der Waals surface area contributed by atoms with Gasteiger partial charge in [-0.15, -0.1) is 11.3 Å². The number of carbonyl (C=O) groups excluding carboxylic acids is 1. The minimum absolute atomic E-state index is 0.108. The van der Waals surface area contributed by atoms with Gasteiger partial charge in [0.2, 0.25) is 0 Å². The second-order valence-electron chi connectivity index (χ2n) is 6.94. The van der Waals surface area contributed by atoms with E-state index in [9.17, 15) is 4.79 Å². The first kappa shape index (κ1) is 22.8. The van der Waals surface area contributed by atoms with E-state index in [-0.39, 0.29) is 11.9 Å². The standard InChI is InChI=1S/C24H29N3O3S/c1-5-27(6-2)20(17-11-8-7-9-12-17)15-25-23(28)19-16-31-24(26-19)18-13-10-14-21(29-3)22(18)30-4/h7-14,16,20H,5-6,15H2,1-4H3,(H,25,28). The number of likely N-dealkylation sites (N-methyl/N-ethyl adjacent to an activating group) is 1. The second kappa shape index (κ2) is 10.9. The Hall–Kier alpha value is -2.90. The lowest BCUT2D eigenvalue weighted by Gasteiger charge is -2.30. The molecule has 2 aromatic carbocycles. The number of hydrogen-bond acceptors (Lipinski definition) is 6. The van der Waals surface area contributed by atoms with Crippen LogP contribution in [0.2, 0.25) is 0 Å². The normalized spacial score (nSPS) is 11.9. The number of para-hydroxylation sites is 1. The fraction of sp³-hybridized carbons (Fsp3) is 0.333. The third kappa shape index (κ3) is 5.24. The van der Waals surface area contributed by atoms with Gasteiger partial charge in [-0.3, -0.25) is 9.69 Å². The molecule has 164 valence electrons. The van der Waals surface area contributed by atoms with Crippen molar-refractivity contribution in [2.75, 3.05) is 33.9 Å². The number of methoxy groups -OCH3 is 2. The van der Waals surface area contributed by atoms with E-state index < -0.39 is 0 Å². The maximum atomic E-state index is 12.9. The van der Waals surface area contributed by atoms with Gasteiger partial charge in [0.15, 0.2) is 11.5 Å². The average molecular weight is 440 g/mol. The van der Waals surface area contributed by atoms with Crippen LogP contribution in [0, 0.1) is 0 Å². The van der Waals surface area contributed by atoms with Crippen molar-refractivity contribution in [3.63, 3.8) is 0 Å². The molecule has 1 heterocycles. The lowest BCUT2D eigenvalue weighted by molar-refractivity contribution is 0.0930. The Bertz CT molecular complexity index is 987. The van der Waals surface area contributed by atoms with Crippen LogP contribution in [-0.2, 0) is 0 Å². The molecule has 0 aliphatic rings. The highest BCUT2D eigenvalue weighted by Gasteiger charge is 2.21. The number of carbonyl (C=O) groups is 1. The molecule has 0 bridgehead atoms. The molecule has 1 atom stereocenters. The summed E-state index contributed by atoms with van der Waals surface area (Å²) in [5.74, 6) is 1.06. The van der Waals surface area contributed by atoms with Gasteiger partial charge in [-0.25, -0.2) is 4.98 Å². The van der Waals surface area contributed by atoms with Gasteiger partial charge in [-0.2, -0.15) is 0 Å². The summed E-state index contributed by atoms with van der Waals surface area (Å²) in [6.45, 7) is 6.59. The molecule has 0 spiro atoms. The van der Waals surface area contributed by atoms with Gasteiger partial charge in [-0.1, -0.05) is 50.2 Å². The number of aromatic nitrogens is 1. The minimum atomic E-state index is -0.183. The van der Waals surface area contributed by atoms with Gasteiger partial charge in [-0.05, 0) is 30.8 Å². The molecular formula is C24H29N3O3S. The van der Waals surface area contributed by atoms with E-state index in [0.717, 1.165) is 18.7 Å². The van der Waals surface area contributed by atoms with Crippen molar-refractivity contribution in [2.24, 2.45) is 0 Å². The third-order valence-electron chi connectivity index (χ3n) is 5.26. The van der Waals surface area contributed by atoms with Gasteiger partial charge in [0.1, 0.15) is 10.7 Å². The summed E-state index contributed by atoms with van der Waals surface area (Å²) in [5, 5.41) is 5.56. The fourth-order valence-corrected chi connectivity index (χ4v) is 4.46. The predicted octanol–water partition coefficient (Wildman–Crippen LogP) is 4.64. The van der Waals surface area contributed by atoms with E-state index >= 15 is 0 Å². The largest absolute Gasteiger partial charge is 0.493 e. The van der Waals surface area contributed by atoms with Gasteiger partial charge in [0, 0.05) is 11.9 Å². The van der Waals surface area contributed by atoms with E-state index in [2.05, 4.69) is 41.2 Å². The van der Waals surface area contributed by atoms with Crippen LogP contribution < -0.4 is 14.8 Å². The van der Waals surface area contributed by atoms with Gasteiger partial charge >= 0.3 is 0 Å². The Labute approximate surface area is 187 Å². The number of amides is 1. The van der Waals surface area contributed by atoms with E-state index in [1.54, 1.807) is 19.6 Å². The van der Waals surface area contributed by atoms with Crippen LogP contribution in [0.15, 0.2) is 53.9 Å². The number of rotatable bonds is 10. The molecule has 1 aromatic heterocycles. The summed E-state index contributed by atoms with van der Waals surface area (Å²) in [7, 11) is 3.20.